The molecule has 1 aliphatic rings. The molecule has 8 heteroatoms. The fraction of sp³-hybridized carbons (Fsp3) is 0.333. The van der Waals surface area contributed by atoms with Gasteiger partial charge in [-0.15, -0.1) is 0 Å². The molecular formula is C24H28N4O3S. The maximum atomic E-state index is 13.3. The zero-order valence-electron chi connectivity index (χ0n) is 18.9. The van der Waals surface area contributed by atoms with Crippen LogP contribution < -0.4 is 9.64 Å². The van der Waals surface area contributed by atoms with Crippen LogP contribution >= 0.6 is 0 Å². The number of methoxy groups -OCH3 is 1. The van der Waals surface area contributed by atoms with E-state index >= 15 is 0 Å². The minimum absolute atomic E-state index is 0.401. The maximum absolute atomic E-state index is 13.3. The number of anilines is 1. The van der Waals surface area contributed by atoms with Crippen LogP contribution in [-0.2, 0) is 10.0 Å². The lowest BCUT2D eigenvalue weighted by Gasteiger charge is -2.35. The van der Waals surface area contributed by atoms with Gasteiger partial charge in [-0.1, -0.05) is 6.07 Å². The fourth-order valence-electron chi connectivity index (χ4n) is 3.95. The second-order valence-corrected chi connectivity index (χ2v) is 9.99. The van der Waals surface area contributed by atoms with Crippen LogP contribution in [0.3, 0.4) is 0 Å². The van der Waals surface area contributed by atoms with Crippen molar-refractivity contribution in [2.45, 2.75) is 25.7 Å². The van der Waals surface area contributed by atoms with Gasteiger partial charge >= 0.3 is 0 Å². The molecule has 0 amide bonds. The van der Waals surface area contributed by atoms with Gasteiger partial charge in [0.25, 0.3) is 0 Å². The third kappa shape index (κ3) is 4.33. The quantitative estimate of drug-likeness (QED) is 0.589. The number of nitrogens with zero attached hydrogens (tertiary/aromatic N) is 4. The Morgan fingerprint density at radius 3 is 2.16 bits per heavy atom. The number of ether oxygens (including phenoxy) is 1. The van der Waals surface area contributed by atoms with Crippen LogP contribution in [0.25, 0.3) is 11.3 Å². The fourth-order valence-corrected chi connectivity index (χ4v) is 5.66. The Balaban J connectivity index is 1.50. The smallest absolute Gasteiger partial charge is 0.243 e. The summed E-state index contributed by atoms with van der Waals surface area (Å²) in [4.78, 5) is 11.3. The second kappa shape index (κ2) is 8.88. The molecule has 32 heavy (non-hydrogen) atoms. The Morgan fingerprint density at radius 1 is 0.844 bits per heavy atom. The zero-order chi connectivity index (χ0) is 22.9. The van der Waals surface area contributed by atoms with Crippen molar-refractivity contribution in [3.63, 3.8) is 0 Å². The number of hydrogen-bond acceptors (Lipinski definition) is 6. The van der Waals surface area contributed by atoms with Crippen molar-refractivity contribution in [3.05, 3.63) is 65.5 Å². The van der Waals surface area contributed by atoms with Crippen molar-refractivity contribution in [3.8, 4) is 17.0 Å². The average molecular weight is 453 g/mol. The van der Waals surface area contributed by atoms with E-state index in [0.29, 0.717) is 31.1 Å². The summed E-state index contributed by atoms with van der Waals surface area (Å²) < 4.78 is 33.3. The molecule has 0 saturated carbocycles. The topological polar surface area (TPSA) is 75.6 Å². The standard InChI is InChI=1S/C24H28N4O3S/c1-17-13-19(3)23(14-18(17)2)32(29,30)28-11-9-27(10-12-28)24-15-22(25-16-26-24)20-5-7-21(31-4)8-6-20/h5-8,13-16H,9-12H2,1-4H3. The number of aromatic nitrogens is 2. The molecule has 1 aromatic heterocycles. The Hall–Kier alpha value is -2.97. The molecule has 168 valence electrons. The predicted molar refractivity (Wildman–Crippen MR) is 126 cm³/mol. The molecule has 0 atom stereocenters. The van der Waals surface area contributed by atoms with Crippen LogP contribution in [0.5, 0.6) is 5.75 Å². The van der Waals surface area contributed by atoms with Crippen molar-refractivity contribution in [1.82, 2.24) is 14.3 Å². The van der Waals surface area contributed by atoms with Crippen LogP contribution in [0.2, 0.25) is 0 Å². The second-order valence-electron chi connectivity index (χ2n) is 8.08. The molecule has 0 aliphatic carbocycles. The predicted octanol–water partition coefficient (Wildman–Crippen LogP) is 3.59. The van der Waals surface area contributed by atoms with Crippen molar-refractivity contribution in [2.75, 3.05) is 38.2 Å². The first kappa shape index (κ1) is 22.2. The van der Waals surface area contributed by atoms with Gasteiger partial charge in [-0.05, 0) is 67.8 Å². The summed E-state index contributed by atoms with van der Waals surface area (Å²) >= 11 is 0. The molecule has 0 spiro atoms. The number of rotatable bonds is 5. The summed E-state index contributed by atoms with van der Waals surface area (Å²) in [5, 5.41) is 0. The third-order valence-corrected chi connectivity index (χ3v) is 8.05. The molecule has 0 unspecified atom stereocenters. The third-order valence-electron chi connectivity index (χ3n) is 6.01. The molecule has 2 heterocycles. The van der Waals surface area contributed by atoms with Gasteiger partial charge in [0.05, 0.1) is 17.7 Å². The van der Waals surface area contributed by atoms with E-state index in [0.717, 1.165) is 39.5 Å². The summed E-state index contributed by atoms with van der Waals surface area (Å²) in [6, 6.07) is 13.4. The Bertz CT molecular complexity index is 1220. The number of hydrogen-bond donors (Lipinski definition) is 0. The van der Waals surface area contributed by atoms with Crippen molar-refractivity contribution < 1.29 is 13.2 Å². The van der Waals surface area contributed by atoms with Gasteiger partial charge in [0.1, 0.15) is 17.9 Å². The number of piperazine rings is 1. The molecule has 0 radical (unpaired) electrons. The van der Waals surface area contributed by atoms with Gasteiger partial charge in [-0.3, -0.25) is 0 Å². The lowest BCUT2D eigenvalue weighted by atomic mass is 10.1. The van der Waals surface area contributed by atoms with Gasteiger partial charge in [0.15, 0.2) is 0 Å². The first-order chi connectivity index (χ1) is 15.3. The van der Waals surface area contributed by atoms with Gasteiger partial charge in [0, 0.05) is 37.8 Å². The molecule has 1 aliphatic heterocycles. The highest BCUT2D eigenvalue weighted by Crippen LogP contribution is 2.27. The van der Waals surface area contributed by atoms with Crippen molar-refractivity contribution >= 4 is 15.8 Å². The van der Waals surface area contributed by atoms with E-state index in [4.69, 9.17) is 4.74 Å². The summed E-state index contributed by atoms with van der Waals surface area (Å²) in [5.41, 5.74) is 4.66. The monoisotopic (exact) mass is 452 g/mol. The highest BCUT2D eigenvalue weighted by atomic mass is 32.2. The molecule has 1 fully saturated rings. The van der Waals surface area contributed by atoms with E-state index in [9.17, 15) is 8.42 Å². The Labute approximate surface area is 189 Å². The van der Waals surface area contributed by atoms with Gasteiger partial charge < -0.3 is 9.64 Å². The van der Waals surface area contributed by atoms with Crippen LogP contribution in [0.15, 0.2) is 53.7 Å². The van der Waals surface area contributed by atoms with E-state index in [-0.39, 0.29) is 0 Å². The SMILES string of the molecule is COc1ccc(-c2cc(N3CCN(S(=O)(=O)c4cc(C)c(C)cc4C)CC3)ncn2)cc1. The molecule has 1 saturated heterocycles. The minimum Gasteiger partial charge on any atom is -0.497 e. The largest absolute Gasteiger partial charge is 0.497 e. The highest BCUT2D eigenvalue weighted by molar-refractivity contribution is 7.89. The number of benzene rings is 2. The van der Waals surface area contributed by atoms with Crippen LogP contribution in [0, 0.1) is 20.8 Å². The van der Waals surface area contributed by atoms with E-state index < -0.39 is 10.0 Å². The summed E-state index contributed by atoms with van der Waals surface area (Å²) in [7, 11) is -1.90. The molecule has 0 bridgehead atoms. The lowest BCUT2D eigenvalue weighted by molar-refractivity contribution is 0.383. The zero-order valence-corrected chi connectivity index (χ0v) is 19.7. The number of aryl methyl sites for hydroxylation is 3. The van der Waals surface area contributed by atoms with Crippen molar-refractivity contribution in [1.29, 1.82) is 0 Å². The molecule has 0 N–H and O–H groups in total. The minimum atomic E-state index is -3.53. The van der Waals surface area contributed by atoms with Crippen molar-refractivity contribution in [2.24, 2.45) is 0 Å². The van der Waals surface area contributed by atoms with E-state index in [1.807, 2.05) is 57.2 Å². The molecule has 3 aromatic rings. The van der Waals surface area contributed by atoms with Gasteiger partial charge in [0.2, 0.25) is 10.0 Å². The molecular weight excluding hydrogens is 424 g/mol. The van der Waals surface area contributed by atoms with E-state index in [1.165, 1.54) is 0 Å². The molecule has 7 nitrogen and oxygen atoms in total. The van der Waals surface area contributed by atoms with Crippen LogP contribution in [-0.4, -0.2) is 56.0 Å². The summed E-state index contributed by atoms with van der Waals surface area (Å²) in [5.74, 6) is 1.59. The van der Waals surface area contributed by atoms with Crippen LogP contribution in [0.4, 0.5) is 5.82 Å². The van der Waals surface area contributed by atoms with E-state index in [1.54, 1.807) is 23.8 Å². The first-order valence-corrected chi connectivity index (χ1v) is 12.0. The Kier molecular flexibility index (Phi) is 6.17. The van der Waals surface area contributed by atoms with Crippen LogP contribution in [0.1, 0.15) is 16.7 Å². The molecule has 4 rings (SSSR count). The van der Waals surface area contributed by atoms with Gasteiger partial charge in [-0.2, -0.15) is 4.31 Å². The average Bonchev–Trinajstić information content (AvgIpc) is 2.81. The summed E-state index contributed by atoms with van der Waals surface area (Å²) in [6.07, 6.45) is 1.55. The Morgan fingerprint density at radius 2 is 1.50 bits per heavy atom. The van der Waals surface area contributed by atoms with E-state index in [2.05, 4.69) is 14.9 Å². The highest BCUT2D eigenvalue weighted by Gasteiger charge is 2.30. The normalized spacial score (nSPS) is 15.1. The number of sulfonamides is 1. The maximum Gasteiger partial charge on any atom is 0.243 e. The molecule has 2 aromatic carbocycles. The van der Waals surface area contributed by atoms with Gasteiger partial charge in [-0.25, -0.2) is 18.4 Å². The lowest BCUT2D eigenvalue weighted by Crippen LogP contribution is -2.49. The first-order valence-electron chi connectivity index (χ1n) is 10.6. The summed E-state index contributed by atoms with van der Waals surface area (Å²) in [6.45, 7) is 7.77.